The number of esters is 2. The van der Waals surface area contributed by atoms with E-state index >= 15 is 0 Å². The highest BCUT2D eigenvalue weighted by Gasteiger charge is 2.27. The van der Waals surface area contributed by atoms with Crippen LogP contribution in [0, 0.1) is 0 Å². The maximum atomic E-state index is 12.9. The van der Waals surface area contributed by atoms with Gasteiger partial charge in [-0.25, -0.2) is 4.57 Å². The number of allylic oxidation sites excluding steroid dienone is 26. The van der Waals surface area contributed by atoms with Crippen LogP contribution in [0.2, 0.25) is 0 Å². The van der Waals surface area contributed by atoms with E-state index in [9.17, 15) is 19.0 Å². The van der Waals surface area contributed by atoms with Crippen molar-refractivity contribution in [3.8, 4) is 0 Å². The normalized spacial score (nSPS) is 14.1. The van der Waals surface area contributed by atoms with Crippen molar-refractivity contribution in [2.45, 2.75) is 290 Å². The third-order valence-electron chi connectivity index (χ3n) is 15.1. The quantitative estimate of drug-likeness (QED) is 0.0211. The highest BCUT2D eigenvalue weighted by Crippen LogP contribution is 2.43. The van der Waals surface area contributed by atoms with E-state index in [1.165, 1.54) is 128 Å². The van der Waals surface area contributed by atoms with Gasteiger partial charge in [0.05, 0.1) is 27.7 Å². The zero-order valence-electron chi connectivity index (χ0n) is 58.3. The molecule has 0 aliphatic rings. The van der Waals surface area contributed by atoms with Crippen LogP contribution in [0.4, 0.5) is 0 Å². The number of rotatable bonds is 65. The van der Waals surface area contributed by atoms with Gasteiger partial charge < -0.3 is 18.9 Å². The summed E-state index contributed by atoms with van der Waals surface area (Å²) < 4.78 is 34.7. The van der Waals surface area contributed by atoms with Gasteiger partial charge in [0.15, 0.2) is 6.10 Å². The highest BCUT2D eigenvalue weighted by molar-refractivity contribution is 7.47. The molecule has 0 bridgehead atoms. The lowest BCUT2D eigenvalue weighted by Gasteiger charge is -2.24. The first kappa shape index (κ1) is 85.6. The number of nitrogens with zero attached hydrogens (tertiary/aromatic N) is 1. The van der Waals surface area contributed by atoms with Crippen molar-refractivity contribution in [3.63, 3.8) is 0 Å². The van der Waals surface area contributed by atoms with Crippen LogP contribution in [0.1, 0.15) is 284 Å². The van der Waals surface area contributed by atoms with Crippen LogP contribution in [-0.4, -0.2) is 74.9 Å². The largest absolute Gasteiger partial charge is 0.472 e. The minimum absolute atomic E-state index is 0.0251. The first-order valence-corrected chi connectivity index (χ1v) is 37.7. The number of phosphoric acid groups is 1. The lowest BCUT2D eigenvalue weighted by atomic mass is 10.0. The topological polar surface area (TPSA) is 108 Å². The van der Waals surface area contributed by atoms with Crippen LogP contribution in [0.25, 0.3) is 0 Å². The van der Waals surface area contributed by atoms with Gasteiger partial charge in [0.2, 0.25) is 0 Å². The van der Waals surface area contributed by atoms with Gasteiger partial charge in [-0.1, -0.05) is 307 Å². The Labute approximate surface area is 554 Å². The summed E-state index contributed by atoms with van der Waals surface area (Å²) in [5, 5.41) is 0. The van der Waals surface area contributed by atoms with Crippen molar-refractivity contribution in [1.29, 1.82) is 0 Å². The fourth-order valence-electron chi connectivity index (χ4n) is 9.59. The molecule has 0 heterocycles. The van der Waals surface area contributed by atoms with Crippen LogP contribution in [0.3, 0.4) is 0 Å². The van der Waals surface area contributed by atoms with Crippen LogP contribution < -0.4 is 0 Å². The smallest absolute Gasteiger partial charge is 0.462 e. The molecule has 0 saturated heterocycles. The van der Waals surface area contributed by atoms with Crippen molar-refractivity contribution in [3.05, 3.63) is 158 Å². The first-order chi connectivity index (χ1) is 44.0. The molecule has 9 nitrogen and oxygen atoms in total. The minimum atomic E-state index is -4.40. The molecule has 10 heteroatoms. The molecular weight excluding hydrogens is 1130 g/mol. The van der Waals surface area contributed by atoms with E-state index in [1.54, 1.807) is 0 Å². The monoisotopic (exact) mass is 1270 g/mol. The van der Waals surface area contributed by atoms with Gasteiger partial charge in [0.25, 0.3) is 0 Å². The van der Waals surface area contributed by atoms with E-state index in [1.807, 2.05) is 21.1 Å². The first-order valence-electron chi connectivity index (χ1n) is 36.2. The Morgan fingerprint density at radius 1 is 0.344 bits per heavy atom. The second-order valence-corrected chi connectivity index (χ2v) is 26.3. The SMILES string of the molecule is CC/C=C\C/C=C\C/C=C\C/C=C\C/C=C\C/C=C\C/C=C\C/C=C\C/C=C\CCCCCCCCCCCCCCCC(=O)OC(COC(=O)CCCCCCCCCCCCCC/C=C\C/C=C\C/C=C\C/C=C\CC)COP(=O)(O)OCC[N+](C)(C)C. The molecule has 0 spiro atoms. The predicted octanol–water partition coefficient (Wildman–Crippen LogP) is 23.9. The molecule has 0 aliphatic heterocycles. The Morgan fingerprint density at radius 3 is 0.889 bits per heavy atom. The average Bonchev–Trinajstić information content (AvgIpc) is 3.62. The zero-order chi connectivity index (χ0) is 65.5. The van der Waals surface area contributed by atoms with E-state index < -0.39 is 26.5 Å². The zero-order valence-corrected chi connectivity index (χ0v) is 59.2. The number of hydrogen-bond acceptors (Lipinski definition) is 7. The number of ether oxygens (including phenoxy) is 2. The molecular formula is C80H135NO8P+. The number of phosphoric ester groups is 1. The average molecular weight is 1270 g/mol. The third-order valence-corrected chi connectivity index (χ3v) is 16.0. The summed E-state index contributed by atoms with van der Waals surface area (Å²) in [5.74, 6) is -0.803. The summed E-state index contributed by atoms with van der Waals surface area (Å²) in [6.07, 6.45) is 103. The molecule has 2 atom stereocenters. The third kappa shape index (κ3) is 72.7. The van der Waals surface area contributed by atoms with E-state index in [4.69, 9.17) is 18.5 Å². The van der Waals surface area contributed by atoms with E-state index in [0.29, 0.717) is 17.4 Å². The summed E-state index contributed by atoms with van der Waals surface area (Å²) in [4.78, 5) is 35.9. The Balaban J connectivity index is 4.06. The summed E-state index contributed by atoms with van der Waals surface area (Å²) in [7, 11) is 1.46. The van der Waals surface area contributed by atoms with Crippen molar-refractivity contribution < 1.29 is 42.1 Å². The molecule has 2 unspecified atom stereocenters. The van der Waals surface area contributed by atoms with Crippen molar-refractivity contribution in [2.75, 3.05) is 47.5 Å². The van der Waals surface area contributed by atoms with Crippen LogP contribution >= 0.6 is 7.82 Å². The van der Waals surface area contributed by atoms with Gasteiger partial charge in [0, 0.05) is 12.8 Å². The molecule has 0 rings (SSSR count). The maximum Gasteiger partial charge on any atom is 0.472 e. The van der Waals surface area contributed by atoms with Gasteiger partial charge >= 0.3 is 19.8 Å². The number of quaternary nitrogens is 1. The number of likely N-dealkylation sites (N-methyl/N-ethyl adjacent to an activating group) is 1. The minimum Gasteiger partial charge on any atom is -0.462 e. The van der Waals surface area contributed by atoms with Gasteiger partial charge in [0.1, 0.15) is 19.8 Å². The van der Waals surface area contributed by atoms with Crippen molar-refractivity contribution in [1.82, 2.24) is 0 Å². The van der Waals surface area contributed by atoms with Gasteiger partial charge in [-0.05, 0) is 122 Å². The molecule has 0 aliphatic carbocycles. The van der Waals surface area contributed by atoms with Gasteiger partial charge in [-0.2, -0.15) is 0 Å². The lowest BCUT2D eigenvalue weighted by Crippen LogP contribution is -2.37. The molecule has 0 fully saturated rings. The van der Waals surface area contributed by atoms with Gasteiger partial charge in [-0.15, -0.1) is 0 Å². The van der Waals surface area contributed by atoms with E-state index in [0.717, 1.165) is 122 Å². The molecule has 0 amide bonds. The molecule has 0 aromatic heterocycles. The fourth-order valence-corrected chi connectivity index (χ4v) is 10.3. The Kier molecular flexibility index (Phi) is 65.6. The second kappa shape index (κ2) is 69.0. The molecule has 1 N–H and O–H groups in total. The molecule has 512 valence electrons. The Morgan fingerprint density at radius 2 is 0.600 bits per heavy atom. The molecule has 0 aromatic rings. The van der Waals surface area contributed by atoms with Crippen LogP contribution in [0.5, 0.6) is 0 Å². The molecule has 0 saturated carbocycles. The Hall–Kier alpha value is -4.37. The maximum absolute atomic E-state index is 12.9. The summed E-state index contributed by atoms with van der Waals surface area (Å²) in [6.45, 7) is 4.21. The molecule has 0 aromatic carbocycles. The molecule has 90 heavy (non-hydrogen) atoms. The van der Waals surface area contributed by atoms with Crippen LogP contribution in [0.15, 0.2) is 158 Å². The van der Waals surface area contributed by atoms with E-state index in [2.05, 4.69) is 172 Å². The predicted molar refractivity (Wildman–Crippen MR) is 390 cm³/mol. The number of hydrogen-bond donors (Lipinski definition) is 1. The van der Waals surface area contributed by atoms with Crippen LogP contribution in [-0.2, 0) is 32.7 Å². The lowest BCUT2D eigenvalue weighted by molar-refractivity contribution is -0.870. The molecule has 0 radical (unpaired) electrons. The van der Waals surface area contributed by atoms with Crippen molar-refractivity contribution in [2.24, 2.45) is 0 Å². The highest BCUT2D eigenvalue weighted by atomic mass is 31.2. The summed E-state index contributed by atoms with van der Waals surface area (Å²) >= 11 is 0. The number of carbonyl (C=O) groups excluding carboxylic acids is 2. The Bertz CT molecular complexity index is 2080. The van der Waals surface area contributed by atoms with Crippen molar-refractivity contribution >= 4 is 19.8 Å². The van der Waals surface area contributed by atoms with E-state index in [-0.39, 0.29) is 32.0 Å². The summed E-state index contributed by atoms with van der Waals surface area (Å²) in [5.41, 5.74) is 0. The number of carbonyl (C=O) groups is 2. The summed E-state index contributed by atoms with van der Waals surface area (Å²) in [6, 6.07) is 0. The second-order valence-electron chi connectivity index (χ2n) is 24.9. The number of unbranched alkanes of at least 4 members (excludes halogenated alkanes) is 25. The standard InChI is InChI=1S/C80H134NO8P/c1-6-8-10-12-14-16-18-20-22-24-26-28-30-32-33-34-35-36-37-38-39-40-41-42-43-44-45-46-47-49-51-53-55-57-59-61-63-65-67-69-71-73-80(83)89-78(77-88-90(84,85)87-75-74-81(3,4)5)76-86-79(82)72-70-68-66-64-62-60-58-56-54-52-50-48-31-29-27-25-23-21-19-17-15-13-11-9-7-2/h8-11,14-17,20-23,26-29,32-33,35-36,38-39,41-42,44-45,78H,6-7,12-13,18-19,24-25,30-31,34,37,40,43,46-77H2,1-5H3/p+1/b10-8-,11-9-,16-14-,17-15-,22-20-,23-21-,28-26-,29-27-,33-32-,36-35-,39-38-,42-41-,45-44-. The fraction of sp³-hybridized carbons (Fsp3) is 0.650. The van der Waals surface area contributed by atoms with Gasteiger partial charge in [-0.3, -0.25) is 18.6 Å².